The predicted molar refractivity (Wildman–Crippen MR) is 116 cm³/mol. The van der Waals surface area contributed by atoms with E-state index in [1.807, 2.05) is 37.8 Å². The summed E-state index contributed by atoms with van der Waals surface area (Å²) in [7, 11) is 1.66. The molecule has 156 valence electrons. The SMILES string of the molecule is COCCCN1C(=O)c2[nH]nc(-c3cc(C)cc(C)c3O)c2C1c1ccc(C)cc1. The van der Waals surface area contributed by atoms with E-state index in [0.29, 0.717) is 30.1 Å². The number of phenolic OH excluding ortho intramolecular Hbond substituents is 1. The fourth-order valence-electron chi connectivity index (χ4n) is 4.25. The van der Waals surface area contributed by atoms with Gasteiger partial charge in [0.25, 0.3) is 5.91 Å². The minimum Gasteiger partial charge on any atom is -0.507 e. The van der Waals surface area contributed by atoms with Gasteiger partial charge in [-0.3, -0.25) is 9.89 Å². The molecular formula is C24H27N3O3. The van der Waals surface area contributed by atoms with Crippen LogP contribution in [-0.4, -0.2) is 46.4 Å². The van der Waals surface area contributed by atoms with Crippen LogP contribution >= 0.6 is 0 Å². The van der Waals surface area contributed by atoms with Crippen molar-refractivity contribution in [2.75, 3.05) is 20.3 Å². The van der Waals surface area contributed by atoms with E-state index in [0.717, 1.165) is 34.2 Å². The molecule has 0 fully saturated rings. The molecule has 3 aromatic rings. The molecule has 1 unspecified atom stereocenters. The molecule has 1 aliphatic heterocycles. The molecule has 6 heteroatoms. The van der Waals surface area contributed by atoms with Crippen LogP contribution in [0.15, 0.2) is 36.4 Å². The van der Waals surface area contributed by atoms with Crippen molar-refractivity contribution in [2.45, 2.75) is 33.2 Å². The molecule has 6 nitrogen and oxygen atoms in total. The number of aryl methyl sites for hydroxylation is 3. The number of methoxy groups -OCH3 is 1. The Hall–Kier alpha value is -3.12. The van der Waals surface area contributed by atoms with E-state index in [2.05, 4.69) is 34.5 Å². The number of ether oxygens (including phenoxy) is 1. The summed E-state index contributed by atoms with van der Waals surface area (Å²) in [6.07, 6.45) is 0.743. The Bertz CT molecular complexity index is 1090. The summed E-state index contributed by atoms with van der Waals surface area (Å²) in [6, 6.07) is 11.8. The number of nitrogens with zero attached hydrogens (tertiary/aromatic N) is 2. The van der Waals surface area contributed by atoms with Crippen molar-refractivity contribution in [1.82, 2.24) is 15.1 Å². The molecule has 1 atom stereocenters. The minimum atomic E-state index is -0.265. The van der Waals surface area contributed by atoms with Crippen LogP contribution in [0.5, 0.6) is 5.75 Å². The maximum atomic E-state index is 13.3. The van der Waals surface area contributed by atoms with Crippen molar-refractivity contribution in [3.05, 3.63) is 69.9 Å². The Morgan fingerprint density at radius 2 is 1.87 bits per heavy atom. The zero-order chi connectivity index (χ0) is 21.4. The van der Waals surface area contributed by atoms with Crippen molar-refractivity contribution in [2.24, 2.45) is 0 Å². The normalized spacial score (nSPS) is 15.7. The van der Waals surface area contributed by atoms with Crippen LogP contribution in [0.25, 0.3) is 11.3 Å². The Morgan fingerprint density at radius 1 is 1.13 bits per heavy atom. The van der Waals surface area contributed by atoms with Crippen LogP contribution in [0, 0.1) is 20.8 Å². The molecule has 0 radical (unpaired) electrons. The average Bonchev–Trinajstić information content (AvgIpc) is 3.25. The van der Waals surface area contributed by atoms with Crippen LogP contribution in [0.1, 0.15) is 50.8 Å². The summed E-state index contributed by atoms with van der Waals surface area (Å²) in [6.45, 7) is 7.07. The Labute approximate surface area is 176 Å². The quantitative estimate of drug-likeness (QED) is 0.600. The van der Waals surface area contributed by atoms with E-state index in [4.69, 9.17) is 4.74 Å². The number of rotatable bonds is 6. The van der Waals surface area contributed by atoms with Crippen molar-refractivity contribution in [3.8, 4) is 17.0 Å². The maximum absolute atomic E-state index is 13.3. The topological polar surface area (TPSA) is 78.5 Å². The molecular weight excluding hydrogens is 378 g/mol. The standard InChI is InChI=1S/C24H27N3O3/c1-14-6-8-17(9-7-14)22-19-20(18-13-15(2)12-16(3)23(18)28)25-26-21(19)24(29)27(22)10-5-11-30-4/h6-9,12-13,22,28H,5,10-11H2,1-4H3,(H,25,26). The molecule has 1 amide bonds. The lowest BCUT2D eigenvalue weighted by molar-refractivity contribution is 0.0723. The summed E-state index contributed by atoms with van der Waals surface area (Å²) < 4.78 is 5.20. The van der Waals surface area contributed by atoms with Gasteiger partial charge in [0.1, 0.15) is 17.1 Å². The van der Waals surface area contributed by atoms with Crippen molar-refractivity contribution >= 4 is 5.91 Å². The van der Waals surface area contributed by atoms with E-state index in [1.54, 1.807) is 7.11 Å². The second-order valence-corrected chi connectivity index (χ2v) is 8.00. The van der Waals surface area contributed by atoms with Gasteiger partial charge >= 0.3 is 0 Å². The van der Waals surface area contributed by atoms with Crippen molar-refractivity contribution < 1.29 is 14.6 Å². The molecule has 30 heavy (non-hydrogen) atoms. The number of phenols is 1. The van der Waals surface area contributed by atoms with Crippen molar-refractivity contribution in [3.63, 3.8) is 0 Å². The highest BCUT2D eigenvalue weighted by atomic mass is 16.5. The number of carbonyl (C=O) groups excluding carboxylic acids is 1. The third kappa shape index (κ3) is 3.37. The van der Waals surface area contributed by atoms with Gasteiger partial charge in [0, 0.05) is 31.4 Å². The van der Waals surface area contributed by atoms with E-state index < -0.39 is 0 Å². The van der Waals surface area contributed by atoms with E-state index in [-0.39, 0.29) is 17.7 Å². The molecule has 0 aliphatic carbocycles. The smallest absolute Gasteiger partial charge is 0.273 e. The molecule has 2 N–H and O–H groups in total. The van der Waals surface area contributed by atoms with Crippen LogP contribution in [0.3, 0.4) is 0 Å². The third-order valence-corrected chi connectivity index (χ3v) is 5.70. The molecule has 4 rings (SSSR count). The predicted octanol–water partition coefficient (Wildman–Crippen LogP) is 4.29. The fourth-order valence-corrected chi connectivity index (χ4v) is 4.25. The number of aromatic nitrogens is 2. The van der Waals surface area contributed by atoms with Gasteiger partial charge < -0.3 is 14.7 Å². The fraction of sp³-hybridized carbons (Fsp3) is 0.333. The van der Waals surface area contributed by atoms with E-state index >= 15 is 0 Å². The summed E-state index contributed by atoms with van der Waals surface area (Å²) in [5.41, 5.74) is 6.59. The average molecular weight is 405 g/mol. The highest BCUT2D eigenvalue weighted by molar-refractivity contribution is 6.00. The summed E-state index contributed by atoms with van der Waals surface area (Å²) in [4.78, 5) is 15.1. The molecule has 0 spiro atoms. The Kier molecular flexibility index (Phi) is 5.35. The van der Waals surface area contributed by atoms with Crippen LogP contribution in [0.2, 0.25) is 0 Å². The number of aromatic hydroxyl groups is 1. The molecule has 2 aromatic carbocycles. The van der Waals surface area contributed by atoms with E-state index in [9.17, 15) is 9.90 Å². The third-order valence-electron chi connectivity index (χ3n) is 5.70. The summed E-state index contributed by atoms with van der Waals surface area (Å²) in [5.74, 6) is 0.122. The Balaban J connectivity index is 1.87. The second-order valence-electron chi connectivity index (χ2n) is 8.00. The number of hydrogen-bond acceptors (Lipinski definition) is 4. The van der Waals surface area contributed by atoms with Gasteiger partial charge in [-0.15, -0.1) is 0 Å². The van der Waals surface area contributed by atoms with Gasteiger partial charge in [0.05, 0.1) is 6.04 Å². The number of carbonyl (C=O) groups is 1. The number of nitrogens with one attached hydrogen (secondary N) is 1. The molecule has 2 heterocycles. The van der Waals surface area contributed by atoms with Gasteiger partial charge in [0.15, 0.2) is 0 Å². The lowest BCUT2D eigenvalue weighted by Crippen LogP contribution is -2.31. The molecule has 0 bridgehead atoms. The van der Waals surface area contributed by atoms with Gasteiger partial charge in [-0.25, -0.2) is 0 Å². The number of amides is 1. The van der Waals surface area contributed by atoms with Crippen molar-refractivity contribution in [1.29, 1.82) is 0 Å². The minimum absolute atomic E-state index is 0.0747. The first-order chi connectivity index (χ1) is 14.4. The van der Waals surface area contributed by atoms with Gasteiger partial charge in [-0.05, 0) is 49.9 Å². The first-order valence-corrected chi connectivity index (χ1v) is 10.2. The molecule has 0 saturated heterocycles. The first-order valence-electron chi connectivity index (χ1n) is 10.2. The Morgan fingerprint density at radius 3 is 2.57 bits per heavy atom. The first kappa shape index (κ1) is 20.2. The van der Waals surface area contributed by atoms with Gasteiger partial charge in [-0.2, -0.15) is 5.10 Å². The highest BCUT2D eigenvalue weighted by Gasteiger charge is 2.42. The largest absolute Gasteiger partial charge is 0.507 e. The molecule has 1 aliphatic rings. The van der Waals surface area contributed by atoms with Gasteiger partial charge in [0.2, 0.25) is 0 Å². The summed E-state index contributed by atoms with van der Waals surface area (Å²) >= 11 is 0. The van der Waals surface area contributed by atoms with Crippen LogP contribution < -0.4 is 0 Å². The number of H-pyrrole nitrogens is 1. The van der Waals surface area contributed by atoms with E-state index in [1.165, 1.54) is 0 Å². The second kappa shape index (κ2) is 7.95. The zero-order valence-corrected chi connectivity index (χ0v) is 17.8. The van der Waals surface area contributed by atoms with Crippen LogP contribution in [-0.2, 0) is 4.74 Å². The lowest BCUT2D eigenvalue weighted by atomic mass is 9.93. The van der Waals surface area contributed by atoms with Gasteiger partial charge in [-0.1, -0.05) is 35.9 Å². The summed E-state index contributed by atoms with van der Waals surface area (Å²) in [5, 5.41) is 18.2. The number of hydrogen-bond donors (Lipinski definition) is 2. The monoisotopic (exact) mass is 405 g/mol. The van der Waals surface area contributed by atoms with Crippen LogP contribution in [0.4, 0.5) is 0 Å². The lowest BCUT2D eigenvalue weighted by Gasteiger charge is -2.26. The highest BCUT2D eigenvalue weighted by Crippen LogP contribution is 2.45. The number of fused-ring (bicyclic) bond motifs is 1. The molecule has 0 saturated carbocycles. The number of aromatic amines is 1. The zero-order valence-electron chi connectivity index (χ0n) is 17.8. The number of benzene rings is 2. The maximum Gasteiger partial charge on any atom is 0.273 e. The molecule has 1 aromatic heterocycles.